The van der Waals surface area contributed by atoms with Crippen LogP contribution in [0, 0.1) is 29.7 Å². The third-order valence-corrected chi connectivity index (χ3v) is 5.52. The van der Waals surface area contributed by atoms with E-state index in [0.717, 1.165) is 0 Å². The zero-order valence-electron chi connectivity index (χ0n) is 18.3. The second-order valence-electron chi connectivity index (χ2n) is 7.80. The largest absolute Gasteiger partial charge is 2.00 e. The first kappa shape index (κ1) is 23.8. The fourth-order valence-corrected chi connectivity index (χ4v) is 4.06. The van der Waals surface area contributed by atoms with Crippen LogP contribution in [0.25, 0.3) is 38.8 Å². The summed E-state index contributed by atoms with van der Waals surface area (Å²) in [5, 5.41) is 1.31. The van der Waals surface area contributed by atoms with Crippen molar-refractivity contribution in [2.45, 2.75) is 0 Å². The van der Waals surface area contributed by atoms with E-state index in [9.17, 15) is 13.2 Å². The quantitative estimate of drug-likeness (QED) is 0.150. The number of fused-ring (bicyclic) bond motifs is 3. The summed E-state index contributed by atoms with van der Waals surface area (Å²) in [6.45, 7) is 0. The van der Waals surface area contributed by atoms with Crippen LogP contribution < -0.4 is 4.74 Å². The van der Waals surface area contributed by atoms with Crippen molar-refractivity contribution in [3.05, 3.63) is 115 Å². The molecule has 0 atom stereocenters. The number of hydrogen-bond donors (Lipinski definition) is 0. The number of halogens is 3. The topological polar surface area (TPSA) is 39.9 Å². The Balaban J connectivity index is 0.00000267. The van der Waals surface area contributed by atoms with Gasteiger partial charge in [-0.05, 0) is 47.3 Å². The van der Waals surface area contributed by atoms with Crippen molar-refractivity contribution in [2.75, 3.05) is 0 Å². The van der Waals surface area contributed by atoms with Gasteiger partial charge in [0, 0.05) is 29.3 Å². The first-order valence-electron chi connectivity index (χ1n) is 10.7. The van der Waals surface area contributed by atoms with Gasteiger partial charge in [-0.25, -0.2) is 29.9 Å². The number of nitrogens with zero attached hydrogens (tertiary/aromatic N) is 3. The number of ether oxygens (including phenoxy) is 1. The van der Waals surface area contributed by atoms with E-state index < -0.39 is 17.6 Å². The first-order chi connectivity index (χ1) is 17.0. The average Bonchev–Trinajstić information content (AvgIpc) is 3.17. The van der Waals surface area contributed by atoms with E-state index in [1.54, 1.807) is 59.3 Å². The van der Waals surface area contributed by atoms with Crippen LogP contribution in [0.15, 0.2) is 85.1 Å². The maximum absolute atomic E-state index is 14.5. The Morgan fingerprint density at radius 2 is 1.64 bits per heavy atom. The van der Waals surface area contributed by atoms with Gasteiger partial charge in [-0.2, -0.15) is 22.6 Å². The summed E-state index contributed by atoms with van der Waals surface area (Å²) in [6, 6.07) is 26.3. The molecular formula is C28H14F3N3OPt. The van der Waals surface area contributed by atoms with E-state index in [-0.39, 0.29) is 26.8 Å². The molecule has 0 bridgehead atoms. The van der Waals surface area contributed by atoms with Crippen molar-refractivity contribution < 1.29 is 39.0 Å². The maximum Gasteiger partial charge on any atom is 2.00 e. The Hall–Kier alpha value is -3.96. The summed E-state index contributed by atoms with van der Waals surface area (Å²) in [4.78, 5) is 8.09. The summed E-state index contributed by atoms with van der Waals surface area (Å²) in [5.41, 5.74) is 2.08. The van der Waals surface area contributed by atoms with Crippen molar-refractivity contribution in [1.82, 2.24) is 14.5 Å². The van der Waals surface area contributed by atoms with Gasteiger partial charge in [-0.15, -0.1) is 12.1 Å². The summed E-state index contributed by atoms with van der Waals surface area (Å²) < 4.78 is 49.9. The van der Waals surface area contributed by atoms with E-state index in [2.05, 4.69) is 22.1 Å². The van der Waals surface area contributed by atoms with E-state index in [1.807, 2.05) is 0 Å². The third kappa shape index (κ3) is 4.38. The fraction of sp³-hybridized carbons (Fsp3) is 0. The van der Waals surface area contributed by atoms with Crippen molar-refractivity contribution in [3.8, 4) is 28.6 Å². The Kier molecular flexibility index (Phi) is 6.33. The molecule has 8 heteroatoms. The van der Waals surface area contributed by atoms with Gasteiger partial charge in [0.05, 0.1) is 0 Å². The van der Waals surface area contributed by atoms with Crippen LogP contribution in [0.4, 0.5) is 13.2 Å². The monoisotopic (exact) mass is 660 g/mol. The molecule has 0 spiro atoms. The van der Waals surface area contributed by atoms with Gasteiger partial charge in [0.15, 0.2) is 0 Å². The molecule has 0 amide bonds. The van der Waals surface area contributed by atoms with Crippen LogP contribution in [0.5, 0.6) is 11.6 Å². The molecule has 0 fully saturated rings. The van der Waals surface area contributed by atoms with E-state index >= 15 is 0 Å². The number of pyridine rings is 2. The minimum absolute atomic E-state index is 0. The van der Waals surface area contributed by atoms with Crippen molar-refractivity contribution in [3.63, 3.8) is 0 Å². The Labute approximate surface area is 218 Å². The maximum atomic E-state index is 14.5. The van der Waals surface area contributed by atoms with Crippen LogP contribution in [0.2, 0.25) is 0 Å². The minimum atomic E-state index is -0.648. The van der Waals surface area contributed by atoms with Gasteiger partial charge >= 0.3 is 21.1 Å². The van der Waals surface area contributed by atoms with Crippen molar-refractivity contribution >= 4 is 21.8 Å². The second kappa shape index (κ2) is 9.59. The molecule has 178 valence electrons. The molecule has 4 nitrogen and oxygen atoms in total. The van der Waals surface area contributed by atoms with E-state index in [0.29, 0.717) is 44.6 Å². The fourth-order valence-electron chi connectivity index (χ4n) is 4.06. The summed E-state index contributed by atoms with van der Waals surface area (Å²) in [5.74, 6) is -0.797. The number of hydrogen-bond acceptors (Lipinski definition) is 3. The van der Waals surface area contributed by atoms with Gasteiger partial charge in [0.25, 0.3) is 0 Å². The van der Waals surface area contributed by atoms with Gasteiger partial charge < -0.3 is 9.30 Å². The molecule has 0 aliphatic heterocycles. The average molecular weight is 661 g/mol. The molecule has 36 heavy (non-hydrogen) atoms. The van der Waals surface area contributed by atoms with Gasteiger partial charge in [-0.1, -0.05) is 23.6 Å². The first-order valence-corrected chi connectivity index (χ1v) is 10.7. The SMILES string of the molecule is Fc1cc(Oc2ccccn2)[c-]c(-c2[c-]c3c(cc2)c2cc(F)ccc2n3-c2cccc(F)n2)c1.[Pt+2]. The molecule has 0 radical (unpaired) electrons. The predicted molar refractivity (Wildman–Crippen MR) is 126 cm³/mol. The van der Waals surface area contributed by atoms with E-state index in [1.165, 1.54) is 30.3 Å². The van der Waals surface area contributed by atoms with Crippen LogP contribution in [-0.4, -0.2) is 14.5 Å². The zero-order valence-corrected chi connectivity index (χ0v) is 20.6. The van der Waals surface area contributed by atoms with Crippen molar-refractivity contribution in [1.29, 1.82) is 0 Å². The molecule has 6 rings (SSSR count). The molecule has 0 aliphatic carbocycles. The van der Waals surface area contributed by atoms with Crippen LogP contribution in [0.3, 0.4) is 0 Å². The normalized spacial score (nSPS) is 11.0. The summed E-state index contributed by atoms with van der Waals surface area (Å²) in [6.07, 6.45) is 1.57. The molecule has 3 aromatic heterocycles. The minimum Gasteiger partial charge on any atom is -0.460 e. The van der Waals surface area contributed by atoms with E-state index in [4.69, 9.17) is 4.74 Å². The molecule has 0 saturated carbocycles. The Morgan fingerprint density at radius 3 is 2.44 bits per heavy atom. The molecule has 0 saturated heterocycles. The smallest absolute Gasteiger partial charge is 0.460 e. The third-order valence-electron chi connectivity index (χ3n) is 5.52. The van der Waals surface area contributed by atoms with Gasteiger partial charge in [0.1, 0.15) is 11.6 Å². The molecule has 6 aromatic rings. The molecular weight excluding hydrogens is 646 g/mol. The molecule has 0 aliphatic rings. The molecule has 3 heterocycles. The zero-order chi connectivity index (χ0) is 23.9. The Bertz CT molecular complexity index is 1720. The molecule has 0 N–H and O–H groups in total. The molecule has 0 unspecified atom stereocenters. The second-order valence-corrected chi connectivity index (χ2v) is 7.80. The van der Waals surface area contributed by atoms with Crippen LogP contribution >= 0.6 is 0 Å². The van der Waals surface area contributed by atoms with Crippen molar-refractivity contribution in [2.24, 2.45) is 0 Å². The molecule has 3 aromatic carbocycles. The van der Waals surface area contributed by atoms with Crippen LogP contribution in [0.1, 0.15) is 0 Å². The van der Waals surface area contributed by atoms with Gasteiger partial charge in [0.2, 0.25) is 11.8 Å². The predicted octanol–water partition coefficient (Wildman–Crippen LogP) is 7.05. The number of rotatable bonds is 4. The standard InChI is InChI=1S/C28H14F3N3O.Pt/c29-19-8-10-24-23(16-19)22-9-7-17(14-25(22)34(24)27-5-3-4-26(31)33-27)18-12-20(30)15-21(13-18)35-28-6-1-2-11-32-28;/h1-12,15-16H;/q-2;+2. The summed E-state index contributed by atoms with van der Waals surface area (Å²) in [7, 11) is 0. The van der Waals surface area contributed by atoms with Gasteiger partial charge in [-0.3, -0.25) is 0 Å². The van der Waals surface area contributed by atoms with Crippen LogP contribution in [-0.2, 0) is 21.1 Å². The number of aromatic nitrogens is 3. The Morgan fingerprint density at radius 1 is 0.750 bits per heavy atom. The number of benzene rings is 3. The summed E-state index contributed by atoms with van der Waals surface area (Å²) >= 11 is 0.